The van der Waals surface area contributed by atoms with Gasteiger partial charge in [0, 0.05) is 18.8 Å². The number of carbonyl (C=O) groups is 1. The fourth-order valence-electron chi connectivity index (χ4n) is 1.73. The van der Waals surface area contributed by atoms with Gasteiger partial charge in [-0.3, -0.25) is 14.8 Å². The number of nitrogens with one attached hydrogen (secondary N) is 1. The predicted octanol–water partition coefficient (Wildman–Crippen LogP) is 3.77. The second kappa shape index (κ2) is 6.10. The second-order valence-corrected chi connectivity index (χ2v) is 5.62. The summed E-state index contributed by atoms with van der Waals surface area (Å²) in [5.41, 5.74) is 2.29. The van der Waals surface area contributed by atoms with E-state index in [1.54, 1.807) is 12.4 Å². The summed E-state index contributed by atoms with van der Waals surface area (Å²) in [4.78, 5) is 20.3. The number of amides is 1. The molecule has 0 bridgehead atoms. The molecule has 0 aliphatic carbocycles. The van der Waals surface area contributed by atoms with Crippen molar-refractivity contribution in [3.63, 3.8) is 0 Å². The Balaban J connectivity index is 2.17. The van der Waals surface area contributed by atoms with Crippen molar-refractivity contribution < 1.29 is 4.79 Å². The van der Waals surface area contributed by atoms with Crippen LogP contribution in [0.15, 0.2) is 29.0 Å². The fourth-order valence-corrected chi connectivity index (χ4v) is 2.27. The zero-order valence-electron chi connectivity index (χ0n) is 11.0. The van der Waals surface area contributed by atoms with Crippen molar-refractivity contribution in [1.82, 2.24) is 9.97 Å². The minimum Gasteiger partial charge on any atom is -0.325 e. The quantitative estimate of drug-likeness (QED) is 0.932. The van der Waals surface area contributed by atoms with Crippen LogP contribution in [-0.4, -0.2) is 15.9 Å². The lowest BCUT2D eigenvalue weighted by molar-refractivity contribution is -0.116. The Labute approximate surface area is 120 Å². The third kappa shape index (κ3) is 3.50. The highest BCUT2D eigenvalue weighted by Crippen LogP contribution is 2.29. The first-order valence-corrected chi connectivity index (χ1v) is 7.06. The number of anilines is 1. The van der Waals surface area contributed by atoms with Crippen LogP contribution in [0.25, 0.3) is 11.0 Å². The Morgan fingerprint density at radius 2 is 2.05 bits per heavy atom. The molecule has 0 fully saturated rings. The topological polar surface area (TPSA) is 54.9 Å². The summed E-state index contributed by atoms with van der Waals surface area (Å²) in [6.45, 7) is 4.21. The van der Waals surface area contributed by atoms with Gasteiger partial charge in [-0.25, -0.2) is 0 Å². The average Bonchev–Trinajstić information content (AvgIpc) is 2.40. The lowest BCUT2D eigenvalue weighted by Crippen LogP contribution is -2.12. The van der Waals surface area contributed by atoms with Crippen LogP contribution in [0.1, 0.15) is 26.7 Å². The molecule has 2 aromatic rings. The van der Waals surface area contributed by atoms with E-state index in [0.717, 1.165) is 27.6 Å². The van der Waals surface area contributed by atoms with Crippen molar-refractivity contribution in [2.24, 2.45) is 5.92 Å². The number of hydrogen-bond donors (Lipinski definition) is 1. The zero-order chi connectivity index (χ0) is 13.8. The molecule has 4 nitrogen and oxygen atoms in total. The van der Waals surface area contributed by atoms with Gasteiger partial charge in [0.2, 0.25) is 5.91 Å². The van der Waals surface area contributed by atoms with Gasteiger partial charge in [0.15, 0.2) is 0 Å². The molecule has 0 atom stereocenters. The summed E-state index contributed by atoms with van der Waals surface area (Å²) < 4.78 is 0.774. The first-order valence-electron chi connectivity index (χ1n) is 6.27. The molecule has 1 amide bonds. The monoisotopic (exact) mass is 321 g/mol. The van der Waals surface area contributed by atoms with Crippen LogP contribution in [0.3, 0.4) is 0 Å². The van der Waals surface area contributed by atoms with Gasteiger partial charge in [0.05, 0.1) is 15.7 Å². The van der Waals surface area contributed by atoms with Crippen LogP contribution in [0.5, 0.6) is 0 Å². The van der Waals surface area contributed by atoms with E-state index < -0.39 is 0 Å². The highest BCUT2D eigenvalue weighted by molar-refractivity contribution is 9.10. The van der Waals surface area contributed by atoms with Crippen LogP contribution in [0.4, 0.5) is 5.69 Å². The molecule has 100 valence electrons. The lowest BCUT2D eigenvalue weighted by atomic mass is 10.1. The lowest BCUT2D eigenvalue weighted by Gasteiger charge is -2.09. The Hall–Kier alpha value is -1.49. The van der Waals surface area contributed by atoms with Crippen LogP contribution >= 0.6 is 15.9 Å². The van der Waals surface area contributed by atoms with E-state index in [4.69, 9.17) is 0 Å². The highest BCUT2D eigenvalue weighted by Gasteiger charge is 2.10. The van der Waals surface area contributed by atoms with Gasteiger partial charge < -0.3 is 5.32 Å². The summed E-state index contributed by atoms with van der Waals surface area (Å²) in [5, 5.41) is 2.90. The van der Waals surface area contributed by atoms with Gasteiger partial charge >= 0.3 is 0 Å². The summed E-state index contributed by atoms with van der Waals surface area (Å²) in [7, 11) is 0. The predicted molar refractivity (Wildman–Crippen MR) is 79.9 cm³/mol. The number of hydrogen-bond acceptors (Lipinski definition) is 3. The maximum atomic E-state index is 11.8. The molecular weight excluding hydrogens is 306 g/mol. The number of nitrogens with zero attached hydrogens (tertiary/aromatic N) is 2. The first-order chi connectivity index (χ1) is 9.08. The zero-order valence-corrected chi connectivity index (χ0v) is 12.6. The minimum absolute atomic E-state index is 0.0256. The van der Waals surface area contributed by atoms with Crippen molar-refractivity contribution in [3.05, 3.63) is 29.0 Å². The van der Waals surface area contributed by atoms with E-state index in [-0.39, 0.29) is 5.91 Å². The molecule has 1 aromatic heterocycles. The molecule has 1 heterocycles. The third-order valence-electron chi connectivity index (χ3n) is 2.80. The SMILES string of the molecule is CC(C)CCC(=O)Nc1ccc2nccnc2c1Br. The summed E-state index contributed by atoms with van der Waals surface area (Å²) in [6, 6.07) is 3.69. The van der Waals surface area contributed by atoms with Crippen molar-refractivity contribution in [3.8, 4) is 0 Å². The number of carbonyl (C=O) groups excluding carboxylic acids is 1. The Morgan fingerprint density at radius 3 is 2.79 bits per heavy atom. The van der Waals surface area contributed by atoms with E-state index in [1.165, 1.54) is 0 Å². The maximum absolute atomic E-state index is 11.8. The molecule has 19 heavy (non-hydrogen) atoms. The molecule has 0 aliphatic rings. The van der Waals surface area contributed by atoms with Crippen molar-refractivity contribution >= 4 is 38.6 Å². The standard InChI is InChI=1S/C14H16BrN3O/c1-9(2)3-6-12(19)18-10-4-5-11-14(13(10)15)17-8-7-16-11/h4-5,7-9H,3,6H2,1-2H3,(H,18,19). The molecule has 1 aromatic carbocycles. The van der Waals surface area contributed by atoms with Crippen molar-refractivity contribution in [2.45, 2.75) is 26.7 Å². The largest absolute Gasteiger partial charge is 0.325 e. The highest BCUT2D eigenvalue weighted by atomic mass is 79.9. The van der Waals surface area contributed by atoms with Gasteiger partial charge in [0.1, 0.15) is 5.52 Å². The molecule has 0 unspecified atom stereocenters. The molecule has 1 N–H and O–H groups in total. The van der Waals surface area contributed by atoms with E-state index in [2.05, 4.69) is 45.1 Å². The van der Waals surface area contributed by atoms with Gasteiger partial charge in [-0.1, -0.05) is 13.8 Å². The molecule has 5 heteroatoms. The fraction of sp³-hybridized carbons (Fsp3) is 0.357. The molecule has 0 saturated carbocycles. The van der Waals surface area contributed by atoms with Crippen molar-refractivity contribution in [1.29, 1.82) is 0 Å². The first kappa shape index (κ1) is 13.9. The number of rotatable bonds is 4. The number of benzene rings is 1. The average molecular weight is 322 g/mol. The summed E-state index contributed by atoms with van der Waals surface area (Å²) in [5.74, 6) is 0.550. The van der Waals surface area contributed by atoms with Crippen LogP contribution in [0, 0.1) is 5.92 Å². The van der Waals surface area contributed by atoms with Crippen LogP contribution < -0.4 is 5.32 Å². The summed E-state index contributed by atoms with van der Waals surface area (Å²) in [6.07, 6.45) is 4.70. The van der Waals surface area contributed by atoms with Gasteiger partial charge in [-0.15, -0.1) is 0 Å². The normalized spacial score (nSPS) is 10.9. The third-order valence-corrected chi connectivity index (χ3v) is 3.60. The van der Waals surface area contributed by atoms with Crippen LogP contribution in [0.2, 0.25) is 0 Å². The van der Waals surface area contributed by atoms with E-state index in [0.29, 0.717) is 12.3 Å². The number of halogens is 1. The Bertz CT molecular complexity index is 598. The number of aromatic nitrogens is 2. The minimum atomic E-state index is 0.0256. The molecule has 0 saturated heterocycles. The van der Waals surface area contributed by atoms with E-state index in [1.807, 2.05) is 12.1 Å². The van der Waals surface area contributed by atoms with Gasteiger partial charge in [-0.2, -0.15) is 0 Å². The second-order valence-electron chi connectivity index (χ2n) is 4.83. The smallest absolute Gasteiger partial charge is 0.224 e. The maximum Gasteiger partial charge on any atom is 0.224 e. The Kier molecular flexibility index (Phi) is 4.47. The van der Waals surface area contributed by atoms with E-state index >= 15 is 0 Å². The van der Waals surface area contributed by atoms with Gasteiger partial charge in [0.25, 0.3) is 0 Å². The number of fused-ring (bicyclic) bond motifs is 1. The van der Waals surface area contributed by atoms with Gasteiger partial charge in [-0.05, 0) is 40.4 Å². The van der Waals surface area contributed by atoms with Crippen LogP contribution in [-0.2, 0) is 4.79 Å². The summed E-state index contributed by atoms with van der Waals surface area (Å²) >= 11 is 3.47. The Morgan fingerprint density at radius 1 is 1.32 bits per heavy atom. The molecule has 2 rings (SSSR count). The molecule has 0 spiro atoms. The van der Waals surface area contributed by atoms with E-state index in [9.17, 15) is 4.79 Å². The molecule has 0 radical (unpaired) electrons. The molecular formula is C14H16BrN3O. The molecule has 0 aliphatic heterocycles. The van der Waals surface area contributed by atoms with Crippen molar-refractivity contribution in [2.75, 3.05) is 5.32 Å².